The molecule has 0 saturated carbocycles. The molecule has 6 heteroatoms. The lowest BCUT2D eigenvalue weighted by Gasteiger charge is -2.07. The molecule has 1 N–H and O–H groups in total. The highest BCUT2D eigenvalue weighted by atomic mass is 32.2. The normalized spacial score (nSPS) is 13.2. The molecule has 2 aromatic carbocycles. The Morgan fingerprint density at radius 3 is 2.52 bits per heavy atom. The highest BCUT2D eigenvalue weighted by Crippen LogP contribution is 2.32. The number of aryl methyl sites for hydroxylation is 1. The summed E-state index contributed by atoms with van der Waals surface area (Å²) in [5, 5.41) is 0. The molecule has 122 valence electrons. The van der Waals surface area contributed by atoms with E-state index in [0.717, 1.165) is 22.6 Å². The van der Waals surface area contributed by atoms with Gasteiger partial charge in [0.2, 0.25) is 16.8 Å². The fraction of sp³-hybridized carbons (Fsp3) is 0.294. The Kier molecular flexibility index (Phi) is 4.83. The molecule has 0 aliphatic carbocycles. The fourth-order valence-corrected chi connectivity index (χ4v) is 3.48. The first-order valence-corrected chi connectivity index (χ1v) is 9.17. The number of sulfonamides is 1. The van der Waals surface area contributed by atoms with E-state index in [4.69, 9.17) is 9.47 Å². The Morgan fingerprint density at radius 2 is 1.70 bits per heavy atom. The monoisotopic (exact) mass is 333 g/mol. The smallest absolute Gasteiger partial charge is 0.231 e. The summed E-state index contributed by atoms with van der Waals surface area (Å²) in [4.78, 5) is 0. The van der Waals surface area contributed by atoms with Crippen molar-refractivity contribution in [1.29, 1.82) is 0 Å². The van der Waals surface area contributed by atoms with Crippen molar-refractivity contribution in [2.24, 2.45) is 0 Å². The minimum atomic E-state index is -3.27. The maximum atomic E-state index is 12.0. The van der Waals surface area contributed by atoms with Crippen LogP contribution in [0.1, 0.15) is 11.1 Å². The quantitative estimate of drug-likeness (QED) is 0.843. The Bertz CT molecular complexity index is 759. The van der Waals surface area contributed by atoms with Crippen LogP contribution in [-0.4, -0.2) is 27.5 Å². The van der Waals surface area contributed by atoms with E-state index in [-0.39, 0.29) is 12.5 Å². The zero-order valence-corrected chi connectivity index (χ0v) is 13.5. The summed E-state index contributed by atoms with van der Waals surface area (Å²) in [6, 6.07) is 15.3. The van der Waals surface area contributed by atoms with E-state index in [2.05, 4.69) is 4.72 Å². The molecular weight excluding hydrogens is 314 g/mol. The van der Waals surface area contributed by atoms with Crippen LogP contribution in [0.15, 0.2) is 48.5 Å². The second-order valence-corrected chi connectivity index (χ2v) is 7.31. The lowest BCUT2D eigenvalue weighted by Crippen LogP contribution is -2.29. The van der Waals surface area contributed by atoms with Crippen molar-refractivity contribution in [3.05, 3.63) is 59.7 Å². The molecule has 0 fully saturated rings. The maximum absolute atomic E-state index is 12.0. The van der Waals surface area contributed by atoms with Gasteiger partial charge in [0.1, 0.15) is 0 Å². The third kappa shape index (κ3) is 4.46. The van der Waals surface area contributed by atoms with Gasteiger partial charge in [0.05, 0.1) is 5.75 Å². The number of ether oxygens (including phenoxy) is 2. The molecule has 0 saturated heterocycles. The van der Waals surface area contributed by atoms with Crippen molar-refractivity contribution in [1.82, 2.24) is 4.72 Å². The zero-order valence-electron chi connectivity index (χ0n) is 12.7. The number of fused-ring (bicyclic) bond motifs is 1. The van der Waals surface area contributed by atoms with Gasteiger partial charge in [0, 0.05) is 6.54 Å². The second kappa shape index (κ2) is 7.02. The molecule has 1 heterocycles. The van der Waals surface area contributed by atoms with Gasteiger partial charge < -0.3 is 9.47 Å². The average Bonchev–Trinajstić information content (AvgIpc) is 3.02. The van der Waals surface area contributed by atoms with Gasteiger partial charge in [-0.15, -0.1) is 0 Å². The molecule has 23 heavy (non-hydrogen) atoms. The predicted octanol–water partition coefficient (Wildman–Crippen LogP) is 2.12. The van der Waals surface area contributed by atoms with E-state index in [0.29, 0.717) is 19.4 Å². The van der Waals surface area contributed by atoms with E-state index >= 15 is 0 Å². The van der Waals surface area contributed by atoms with Gasteiger partial charge in [-0.05, 0) is 36.1 Å². The van der Waals surface area contributed by atoms with Crippen molar-refractivity contribution in [3.63, 3.8) is 0 Å². The zero-order chi connectivity index (χ0) is 16.1. The van der Waals surface area contributed by atoms with Gasteiger partial charge in [0.15, 0.2) is 11.5 Å². The van der Waals surface area contributed by atoms with Crippen LogP contribution in [0.5, 0.6) is 11.5 Å². The average molecular weight is 333 g/mol. The summed E-state index contributed by atoms with van der Waals surface area (Å²) in [7, 11) is -3.27. The molecule has 0 atom stereocenters. The highest BCUT2D eigenvalue weighted by molar-refractivity contribution is 7.89. The molecule has 0 radical (unpaired) electrons. The summed E-state index contributed by atoms with van der Waals surface area (Å²) in [5.41, 5.74) is 2.04. The molecule has 1 aliphatic heterocycles. The first-order chi connectivity index (χ1) is 11.1. The first kappa shape index (κ1) is 15.8. The van der Waals surface area contributed by atoms with Crippen LogP contribution in [-0.2, 0) is 22.9 Å². The van der Waals surface area contributed by atoms with Crippen LogP contribution >= 0.6 is 0 Å². The summed E-state index contributed by atoms with van der Waals surface area (Å²) in [6.07, 6.45) is 1.13. The lowest BCUT2D eigenvalue weighted by atomic mass is 10.1. The van der Waals surface area contributed by atoms with E-state index in [9.17, 15) is 8.42 Å². The predicted molar refractivity (Wildman–Crippen MR) is 88.2 cm³/mol. The number of nitrogens with one attached hydrogen (secondary N) is 1. The molecule has 1 aliphatic rings. The van der Waals surface area contributed by atoms with Gasteiger partial charge in [-0.3, -0.25) is 0 Å². The molecule has 0 amide bonds. The number of hydrogen-bond donors (Lipinski definition) is 1. The Labute approximate surface area is 136 Å². The maximum Gasteiger partial charge on any atom is 0.231 e. The molecule has 0 bridgehead atoms. The lowest BCUT2D eigenvalue weighted by molar-refractivity contribution is 0.174. The van der Waals surface area contributed by atoms with Crippen molar-refractivity contribution in [3.8, 4) is 11.5 Å². The van der Waals surface area contributed by atoms with Crippen molar-refractivity contribution in [2.75, 3.05) is 19.1 Å². The van der Waals surface area contributed by atoms with Gasteiger partial charge >= 0.3 is 0 Å². The van der Waals surface area contributed by atoms with Crippen LogP contribution in [0, 0.1) is 0 Å². The van der Waals surface area contributed by atoms with E-state index in [1.165, 1.54) is 0 Å². The Morgan fingerprint density at radius 1 is 0.913 bits per heavy atom. The number of benzene rings is 2. The Hall–Kier alpha value is -2.05. The second-order valence-electron chi connectivity index (χ2n) is 5.39. The number of rotatable bonds is 7. The van der Waals surface area contributed by atoms with Crippen molar-refractivity contribution >= 4 is 10.0 Å². The van der Waals surface area contributed by atoms with Gasteiger partial charge in [-0.25, -0.2) is 13.1 Å². The molecule has 0 aromatic heterocycles. The van der Waals surface area contributed by atoms with Crippen LogP contribution in [0.4, 0.5) is 0 Å². The standard InChI is InChI=1S/C17H19NO4S/c19-23(20,11-9-14-4-2-1-3-5-14)18-10-8-15-6-7-16-17(12-15)22-13-21-16/h1-7,12,18H,8-11,13H2. The van der Waals surface area contributed by atoms with Crippen LogP contribution in [0.3, 0.4) is 0 Å². The SMILES string of the molecule is O=S(=O)(CCc1ccccc1)NCCc1ccc2c(c1)OCO2. The van der Waals surface area contributed by atoms with Crippen LogP contribution < -0.4 is 14.2 Å². The third-order valence-corrected chi connectivity index (χ3v) is 5.06. The molecule has 0 unspecified atom stereocenters. The van der Waals surface area contributed by atoms with E-state index in [1.54, 1.807) is 0 Å². The Balaban J connectivity index is 1.47. The van der Waals surface area contributed by atoms with Gasteiger partial charge in [0.25, 0.3) is 0 Å². The molecule has 2 aromatic rings. The largest absolute Gasteiger partial charge is 0.454 e. The summed E-state index contributed by atoms with van der Waals surface area (Å²) >= 11 is 0. The van der Waals surface area contributed by atoms with E-state index < -0.39 is 10.0 Å². The van der Waals surface area contributed by atoms with Crippen LogP contribution in [0.2, 0.25) is 0 Å². The van der Waals surface area contributed by atoms with Crippen molar-refractivity contribution < 1.29 is 17.9 Å². The van der Waals surface area contributed by atoms with Crippen LogP contribution in [0.25, 0.3) is 0 Å². The number of hydrogen-bond acceptors (Lipinski definition) is 4. The van der Waals surface area contributed by atoms with Gasteiger partial charge in [-0.2, -0.15) is 0 Å². The van der Waals surface area contributed by atoms with Crippen molar-refractivity contribution in [2.45, 2.75) is 12.8 Å². The fourth-order valence-electron chi connectivity index (χ4n) is 2.42. The third-order valence-electron chi connectivity index (χ3n) is 3.67. The van der Waals surface area contributed by atoms with E-state index in [1.807, 2.05) is 48.5 Å². The summed E-state index contributed by atoms with van der Waals surface area (Å²) in [5.74, 6) is 1.55. The first-order valence-electron chi connectivity index (χ1n) is 7.52. The molecule has 5 nitrogen and oxygen atoms in total. The highest BCUT2D eigenvalue weighted by Gasteiger charge is 2.14. The summed E-state index contributed by atoms with van der Waals surface area (Å²) < 4.78 is 37.3. The van der Waals surface area contributed by atoms with Gasteiger partial charge in [-0.1, -0.05) is 36.4 Å². The molecular formula is C17H19NO4S. The molecule has 0 spiro atoms. The minimum Gasteiger partial charge on any atom is -0.454 e. The topological polar surface area (TPSA) is 64.6 Å². The minimum absolute atomic E-state index is 0.0954. The summed E-state index contributed by atoms with van der Waals surface area (Å²) in [6.45, 7) is 0.613. The molecule has 3 rings (SSSR count).